The molecule has 6 heteroatoms. The lowest BCUT2D eigenvalue weighted by molar-refractivity contribution is -0.167. The third kappa shape index (κ3) is 54.7. The summed E-state index contributed by atoms with van der Waals surface area (Å²) in [6, 6.07) is 0. The molecule has 0 amide bonds. The van der Waals surface area contributed by atoms with E-state index < -0.39 is 6.10 Å². The fourth-order valence-electron chi connectivity index (χ4n) is 8.91. The lowest BCUT2D eigenvalue weighted by atomic mass is 10.0. The highest BCUT2D eigenvalue weighted by Crippen LogP contribution is 2.17. The molecule has 1 unspecified atom stereocenters. The fourth-order valence-corrected chi connectivity index (χ4v) is 8.91. The standard InChI is InChI=1S/C61H114O6/c1-4-7-10-13-16-19-22-25-27-29-30-31-32-33-35-36-39-42-45-48-51-54-60(63)66-57-58(56-65-59(62)53-50-47-44-41-38-24-21-18-15-12-9-6-3)67-61(64)55-52-49-46-43-40-37-34-28-26-23-20-17-14-11-8-5-2/h18,21,29-30,58H,4-17,19-20,22-28,31-57H2,1-3H3/b21-18-,30-29-. The van der Waals surface area contributed by atoms with Crippen LogP contribution >= 0.6 is 0 Å². The average molecular weight is 944 g/mol. The Hall–Kier alpha value is -2.11. The van der Waals surface area contributed by atoms with Gasteiger partial charge < -0.3 is 14.2 Å². The normalized spacial score (nSPS) is 12.1. The van der Waals surface area contributed by atoms with Gasteiger partial charge in [-0.2, -0.15) is 0 Å². The van der Waals surface area contributed by atoms with Crippen molar-refractivity contribution < 1.29 is 28.6 Å². The smallest absolute Gasteiger partial charge is 0.306 e. The maximum atomic E-state index is 12.9. The minimum Gasteiger partial charge on any atom is -0.462 e. The van der Waals surface area contributed by atoms with Gasteiger partial charge in [-0.25, -0.2) is 0 Å². The number of ether oxygens (including phenoxy) is 3. The summed E-state index contributed by atoms with van der Waals surface area (Å²) in [5, 5.41) is 0. The number of esters is 3. The maximum absolute atomic E-state index is 12.9. The molecule has 67 heavy (non-hydrogen) atoms. The molecule has 0 rings (SSSR count). The van der Waals surface area contributed by atoms with Gasteiger partial charge >= 0.3 is 17.9 Å². The molecule has 0 saturated heterocycles. The van der Waals surface area contributed by atoms with Gasteiger partial charge in [-0.3, -0.25) is 14.4 Å². The van der Waals surface area contributed by atoms with Crippen molar-refractivity contribution in [3.05, 3.63) is 24.3 Å². The monoisotopic (exact) mass is 943 g/mol. The molecule has 0 fully saturated rings. The van der Waals surface area contributed by atoms with Crippen LogP contribution in [0.25, 0.3) is 0 Å². The van der Waals surface area contributed by atoms with Crippen molar-refractivity contribution in [1.82, 2.24) is 0 Å². The molecule has 0 aromatic rings. The Labute approximate surface area is 417 Å². The molecule has 0 aliphatic heterocycles. The largest absolute Gasteiger partial charge is 0.462 e. The van der Waals surface area contributed by atoms with Crippen LogP contribution in [0.3, 0.4) is 0 Å². The van der Waals surface area contributed by atoms with Gasteiger partial charge in [-0.05, 0) is 70.6 Å². The summed E-state index contributed by atoms with van der Waals surface area (Å²) in [7, 11) is 0. The van der Waals surface area contributed by atoms with Gasteiger partial charge in [0.15, 0.2) is 6.10 Å². The van der Waals surface area contributed by atoms with Crippen LogP contribution in [0, 0.1) is 0 Å². The van der Waals surface area contributed by atoms with E-state index in [1.54, 1.807) is 0 Å². The summed E-state index contributed by atoms with van der Waals surface area (Å²) in [6.45, 7) is 6.66. The van der Waals surface area contributed by atoms with Crippen molar-refractivity contribution in [3.63, 3.8) is 0 Å². The number of hydrogen-bond acceptors (Lipinski definition) is 6. The van der Waals surface area contributed by atoms with Crippen LogP contribution < -0.4 is 0 Å². The topological polar surface area (TPSA) is 78.9 Å². The zero-order valence-electron chi connectivity index (χ0n) is 45.2. The third-order valence-electron chi connectivity index (χ3n) is 13.4. The highest BCUT2D eigenvalue weighted by Gasteiger charge is 2.19. The molecule has 0 aliphatic carbocycles. The molecule has 0 aromatic heterocycles. The van der Waals surface area contributed by atoms with Gasteiger partial charge in [-0.15, -0.1) is 0 Å². The Morgan fingerprint density at radius 1 is 0.284 bits per heavy atom. The van der Waals surface area contributed by atoms with E-state index in [9.17, 15) is 14.4 Å². The minimum atomic E-state index is -0.771. The Kier molecular flexibility index (Phi) is 54.7. The Bertz CT molecular complexity index is 1080. The zero-order chi connectivity index (χ0) is 48.6. The molecule has 0 heterocycles. The molecule has 0 aliphatic rings. The van der Waals surface area contributed by atoms with Crippen molar-refractivity contribution in [2.45, 2.75) is 335 Å². The first-order chi connectivity index (χ1) is 33.0. The highest BCUT2D eigenvalue weighted by molar-refractivity contribution is 5.71. The summed E-state index contributed by atoms with van der Waals surface area (Å²) in [5.41, 5.74) is 0. The van der Waals surface area contributed by atoms with Crippen molar-refractivity contribution >= 4 is 17.9 Å². The van der Waals surface area contributed by atoms with Gasteiger partial charge in [0.2, 0.25) is 0 Å². The van der Waals surface area contributed by atoms with Crippen molar-refractivity contribution in [2.24, 2.45) is 0 Å². The van der Waals surface area contributed by atoms with Gasteiger partial charge in [-0.1, -0.05) is 263 Å². The Balaban J connectivity index is 4.28. The van der Waals surface area contributed by atoms with E-state index in [0.29, 0.717) is 19.3 Å². The first kappa shape index (κ1) is 64.9. The molecule has 0 saturated carbocycles. The van der Waals surface area contributed by atoms with Crippen LogP contribution in [0.15, 0.2) is 24.3 Å². The van der Waals surface area contributed by atoms with E-state index in [1.807, 2.05) is 0 Å². The highest BCUT2D eigenvalue weighted by atomic mass is 16.6. The summed E-state index contributed by atoms with van der Waals surface area (Å²) >= 11 is 0. The molecule has 1 atom stereocenters. The number of allylic oxidation sites excluding steroid dienone is 4. The predicted octanol–water partition coefficient (Wildman–Crippen LogP) is 19.9. The van der Waals surface area contributed by atoms with Crippen LogP contribution in [0.2, 0.25) is 0 Å². The molecular weight excluding hydrogens is 829 g/mol. The summed E-state index contributed by atoms with van der Waals surface area (Å²) in [6.07, 6.45) is 66.0. The third-order valence-corrected chi connectivity index (χ3v) is 13.4. The fraction of sp³-hybridized carbons (Fsp3) is 0.885. The van der Waals surface area contributed by atoms with E-state index in [1.165, 1.54) is 225 Å². The van der Waals surface area contributed by atoms with Gasteiger partial charge in [0.05, 0.1) is 0 Å². The van der Waals surface area contributed by atoms with Crippen molar-refractivity contribution in [2.75, 3.05) is 13.2 Å². The van der Waals surface area contributed by atoms with E-state index >= 15 is 0 Å². The van der Waals surface area contributed by atoms with E-state index in [2.05, 4.69) is 45.1 Å². The van der Waals surface area contributed by atoms with Crippen LogP contribution in [0.1, 0.15) is 329 Å². The van der Waals surface area contributed by atoms with Crippen LogP contribution in [-0.2, 0) is 28.6 Å². The number of carbonyl (C=O) groups is 3. The number of rotatable bonds is 55. The summed E-state index contributed by atoms with van der Waals surface area (Å²) in [5.74, 6) is -0.861. The molecule has 6 nitrogen and oxygen atoms in total. The molecule has 0 aromatic carbocycles. The first-order valence-electron chi connectivity index (χ1n) is 29.8. The first-order valence-corrected chi connectivity index (χ1v) is 29.8. The van der Waals surface area contributed by atoms with Crippen molar-refractivity contribution in [3.8, 4) is 0 Å². The predicted molar refractivity (Wildman–Crippen MR) is 289 cm³/mol. The number of hydrogen-bond donors (Lipinski definition) is 0. The van der Waals surface area contributed by atoms with E-state index in [0.717, 1.165) is 64.2 Å². The lowest BCUT2D eigenvalue weighted by Crippen LogP contribution is -2.30. The van der Waals surface area contributed by atoms with Gasteiger partial charge in [0.1, 0.15) is 13.2 Å². The quantitative estimate of drug-likeness (QED) is 0.0262. The second-order valence-electron chi connectivity index (χ2n) is 20.3. The Morgan fingerprint density at radius 3 is 0.776 bits per heavy atom. The maximum Gasteiger partial charge on any atom is 0.306 e. The number of unbranched alkanes of at least 4 members (excludes halogenated alkanes) is 40. The van der Waals surface area contributed by atoms with Gasteiger partial charge in [0, 0.05) is 19.3 Å². The zero-order valence-corrected chi connectivity index (χ0v) is 45.2. The molecular formula is C61H114O6. The molecule has 0 bridgehead atoms. The second-order valence-corrected chi connectivity index (χ2v) is 20.3. The molecule has 0 spiro atoms. The van der Waals surface area contributed by atoms with Crippen LogP contribution in [-0.4, -0.2) is 37.2 Å². The number of carbonyl (C=O) groups excluding carboxylic acids is 3. The Morgan fingerprint density at radius 2 is 0.493 bits per heavy atom. The average Bonchev–Trinajstić information content (AvgIpc) is 3.33. The van der Waals surface area contributed by atoms with Crippen LogP contribution in [0.4, 0.5) is 0 Å². The minimum absolute atomic E-state index is 0.0705. The molecule has 0 radical (unpaired) electrons. The summed E-state index contributed by atoms with van der Waals surface area (Å²) in [4.78, 5) is 38.1. The van der Waals surface area contributed by atoms with E-state index in [4.69, 9.17) is 14.2 Å². The van der Waals surface area contributed by atoms with Crippen molar-refractivity contribution in [1.29, 1.82) is 0 Å². The summed E-state index contributed by atoms with van der Waals surface area (Å²) < 4.78 is 16.9. The molecule has 394 valence electrons. The van der Waals surface area contributed by atoms with Gasteiger partial charge in [0.25, 0.3) is 0 Å². The SMILES string of the molecule is CCCCC/C=C\CCCCCCCC(=O)OCC(COC(=O)CCCCCCCCCCC/C=C\CCCCCCCCCC)OC(=O)CCCCCCCCCCCCCCCCCC. The van der Waals surface area contributed by atoms with Crippen LogP contribution in [0.5, 0.6) is 0 Å². The second kappa shape index (κ2) is 56.5. The van der Waals surface area contributed by atoms with E-state index in [-0.39, 0.29) is 31.1 Å². The lowest BCUT2D eigenvalue weighted by Gasteiger charge is -2.18. The molecule has 0 N–H and O–H groups in total.